The van der Waals surface area contributed by atoms with Gasteiger partial charge in [-0.3, -0.25) is 0 Å². The summed E-state index contributed by atoms with van der Waals surface area (Å²) < 4.78 is 22.5. The molecule has 0 saturated carbocycles. The smallest absolute Gasteiger partial charge is 0.317 e. The Hall–Kier alpha value is -1.19. The van der Waals surface area contributed by atoms with Crippen LogP contribution in [0.1, 0.15) is 28.4 Å². The largest absolute Gasteiger partial charge is 0.338 e. The fraction of sp³-hybridized carbons (Fsp3) is 0.692. The van der Waals surface area contributed by atoms with E-state index in [0.29, 0.717) is 38.9 Å². The number of urea groups is 1. The second kappa shape index (κ2) is 6.93. The van der Waals surface area contributed by atoms with E-state index in [2.05, 4.69) is 10.3 Å². The van der Waals surface area contributed by atoms with Crippen LogP contribution in [0.4, 0.5) is 4.79 Å². The van der Waals surface area contributed by atoms with Crippen LogP contribution in [0.15, 0.2) is 0 Å². The molecule has 0 bridgehead atoms. The standard InChI is InChI=1S/C13H22N4O3S2/c1-9-10(2)21-12(16-9)3-6-15-13(18)17-7-4-11(5-8-17)22(14,19)20/h11H,3-8H2,1-2H3,(H,15,18)(H2,14,19,20). The zero-order valence-electron chi connectivity index (χ0n) is 12.8. The molecule has 1 aliphatic heterocycles. The summed E-state index contributed by atoms with van der Waals surface area (Å²) in [4.78, 5) is 19.3. The Kier molecular flexibility index (Phi) is 5.41. The topological polar surface area (TPSA) is 105 Å². The molecule has 124 valence electrons. The van der Waals surface area contributed by atoms with Crippen molar-refractivity contribution in [1.29, 1.82) is 0 Å². The third kappa shape index (κ3) is 4.40. The van der Waals surface area contributed by atoms with Crippen LogP contribution in [-0.2, 0) is 16.4 Å². The number of aryl methyl sites for hydroxylation is 2. The maximum absolute atomic E-state index is 12.0. The first-order valence-corrected chi connectivity index (χ1v) is 9.67. The number of carbonyl (C=O) groups is 1. The van der Waals surface area contributed by atoms with Crippen LogP contribution < -0.4 is 10.5 Å². The molecule has 2 amide bonds. The average Bonchev–Trinajstić information content (AvgIpc) is 2.77. The van der Waals surface area contributed by atoms with Gasteiger partial charge in [-0.25, -0.2) is 23.3 Å². The number of thiazole rings is 1. The summed E-state index contributed by atoms with van der Waals surface area (Å²) >= 11 is 1.65. The summed E-state index contributed by atoms with van der Waals surface area (Å²) in [7, 11) is -3.50. The molecule has 1 aliphatic rings. The molecule has 0 aromatic carbocycles. The van der Waals surface area contributed by atoms with Crippen LogP contribution >= 0.6 is 11.3 Å². The molecule has 9 heteroatoms. The van der Waals surface area contributed by atoms with Crippen molar-refractivity contribution in [1.82, 2.24) is 15.2 Å². The number of primary sulfonamides is 1. The van der Waals surface area contributed by atoms with Crippen LogP contribution in [0, 0.1) is 13.8 Å². The van der Waals surface area contributed by atoms with E-state index in [0.717, 1.165) is 10.7 Å². The van der Waals surface area contributed by atoms with Crippen molar-refractivity contribution in [3.05, 3.63) is 15.6 Å². The number of likely N-dealkylation sites (tertiary alicyclic amines) is 1. The lowest BCUT2D eigenvalue weighted by Gasteiger charge is -2.30. The van der Waals surface area contributed by atoms with Gasteiger partial charge in [0.1, 0.15) is 0 Å². The van der Waals surface area contributed by atoms with Gasteiger partial charge in [0.05, 0.1) is 16.0 Å². The SMILES string of the molecule is Cc1nc(CCNC(=O)N2CCC(S(N)(=O)=O)CC2)sc1C. The minimum Gasteiger partial charge on any atom is -0.338 e. The molecule has 1 aromatic rings. The molecule has 1 saturated heterocycles. The normalized spacial score (nSPS) is 16.8. The lowest BCUT2D eigenvalue weighted by molar-refractivity contribution is 0.187. The van der Waals surface area contributed by atoms with Gasteiger partial charge in [0.25, 0.3) is 0 Å². The van der Waals surface area contributed by atoms with Crippen molar-refractivity contribution in [3.63, 3.8) is 0 Å². The maximum Gasteiger partial charge on any atom is 0.317 e. The van der Waals surface area contributed by atoms with Gasteiger partial charge < -0.3 is 10.2 Å². The number of nitrogens with one attached hydrogen (secondary N) is 1. The minimum atomic E-state index is -3.50. The Bertz CT molecular complexity index is 614. The summed E-state index contributed by atoms with van der Waals surface area (Å²) in [5, 5.41) is 8.48. The Morgan fingerprint density at radius 2 is 2.05 bits per heavy atom. The minimum absolute atomic E-state index is 0.155. The zero-order valence-corrected chi connectivity index (χ0v) is 14.5. The number of amides is 2. The predicted octanol–water partition coefficient (Wildman–Crippen LogP) is 0.765. The highest BCUT2D eigenvalue weighted by atomic mass is 32.2. The van der Waals surface area contributed by atoms with Gasteiger partial charge in [-0.1, -0.05) is 0 Å². The van der Waals surface area contributed by atoms with Crippen LogP contribution in [0.2, 0.25) is 0 Å². The van der Waals surface area contributed by atoms with Crippen LogP contribution in [0.25, 0.3) is 0 Å². The Balaban J connectivity index is 1.74. The third-order valence-electron chi connectivity index (χ3n) is 3.88. The summed E-state index contributed by atoms with van der Waals surface area (Å²) in [5.74, 6) is 0. The molecule has 0 spiro atoms. The molecule has 7 nitrogen and oxygen atoms in total. The van der Waals surface area contributed by atoms with Crippen molar-refractivity contribution in [2.24, 2.45) is 5.14 Å². The molecule has 22 heavy (non-hydrogen) atoms. The molecule has 1 fully saturated rings. The number of sulfonamides is 1. The number of rotatable bonds is 4. The Labute approximate surface area is 135 Å². The second-order valence-electron chi connectivity index (χ2n) is 5.51. The first-order chi connectivity index (χ1) is 10.3. The number of carbonyl (C=O) groups excluding carboxylic acids is 1. The monoisotopic (exact) mass is 346 g/mol. The predicted molar refractivity (Wildman–Crippen MR) is 86.4 cm³/mol. The molecule has 0 radical (unpaired) electrons. The summed E-state index contributed by atoms with van der Waals surface area (Å²) in [6.45, 7) is 5.37. The van der Waals surface area contributed by atoms with E-state index in [-0.39, 0.29) is 6.03 Å². The first-order valence-electron chi connectivity index (χ1n) is 7.24. The van der Waals surface area contributed by atoms with Crippen molar-refractivity contribution in [2.75, 3.05) is 19.6 Å². The van der Waals surface area contributed by atoms with Crippen molar-refractivity contribution in [3.8, 4) is 0 Å². The zero-order chi connectivity index (χ0) is 16.3. The number of nitrogens with two attached hydrogens (primary N) is 1. The molecule has 1 aromatic heterocycles. The number of aromatic nitrogens is 1. The van der Waals surface area contributed by atoms with Gasteiger partial charge >= 0.3 is 6.03 Å². The molecule has 0 aliphatic carbocycles. The van der Waals surface area contributed by atoms with Crippen molar-refractivity contribution >= 4 is 27.4 Å². The van der Waals surface area contributed by atoms with Crippen LogP contribution in [0.5, 0.6) is 0 Å². The highest BCUT2D eigenvalue weighted by Gasteiger charge is 2.29. The van der Waals surface area contributed by atoms with E-state index < -0.39 is 15.3 Å². The number of hydrogen-bond acceptors (Lipinski definition) is 5. The molecule has 0 unspecified atom stereocenters. The molecule has 2 heterocycles. The number of piperidine rings is 1. The van der Waals surface area contributed by atoms with Gasteiger partial charge in [-0.15, -0.1) is 11.3 Å². The summed E-state index contributed by atoms with van der Waals surface area (Å²) in [6.07, 6.45) is 1.51. The third-order valence-corrected chi connectivity index (χ3v) is 6.41. The molecule has 2 rings (SSSR count). The Morgan fingerprint density at radius 1 is 1.41 bits per heavy atom. The van der Waals surface area contributed by atoms with Gasteiger partial charge in [0.15, 0.2) is 0 Å². The van der Waals surface area contributed by atoms with Gasteiger partial charge in [-0.2, -0.15) is 0 Å². The second-order valence-corrected chi connectivity index (χ2v) is 8.64. The number of hydrogen-bond donors (Lipinski definition) is 2. The van der Waals surface area contributed by atoms with E-state index in [1.807, 2.05) is 13.8 Å². The molecule has 0 atom stereocenters. The fourth-order valence-corrected chi connectivity index (χ4v) is 4.22. The molecular weight excluding hydrogens is 324 g/mol. The van der Waals surface area contributed by atoms with Crippen LogP contribution in [-0.4, -0.2) is 49.2 Å². The maximum atomic E-state index is 12.0. The first kappa shape index (κ1) is 17.2. The van der Waals surface area contributed by atoms with E-state index in [1.165, 1.54) is 4.88 Å². The van der Waals surface area contributed by atoms with Gasteiger partial charge in [-0.05, 0) is 26.7 Å². The lowest BCUT2D eigenvalue weighted by atomic mass is 10.1. The summed E-state index contributed by atoms with van der Waals surface area (Å²) in [5.41, 5.74) is 1.04. The van der Waals surface area contributed by atoms with Crippen molar-refractivity contribution < 1.29 is 13.2 Å². The summed E-state index contributed by atoms with van der Waals surface area (Å²) in [6, 6.07) is -0.155. The van der Waals surface area contributed by atoms with E-state index in [1.54, 1.807) is 16.2 Å². The fourth-order valence-electron chi connectivity index (χ4n) is 2.42. The van der Waals surface area contributed by atoms with Gasteiger partial charge in [0.2, 0.25) is 10.0 Å². The van der Waals surface area contributed by atoms with Gasteiger partial charge in [0, 0.05) is 30.9 Å². The highest BCUT2D eigenvalue weighted by molar-refractivity contribution is 7.89. The highest BCUT2D eigenvalue weighted by Crippen LogP contribution is 2.17. The Morgan fingerprint density at radius 3 is 2.55 bits per heavy atom. The molecular formula is C13H22N4O3S2. The van der Waals surface area contributed by atoms with E-state index >= 15 is 0 Å². The number of nitrogens with zero attached hydrogens (tertiary/aromatic N) is 2. The van der Waals surface area contributed by atoms with Crippen LogP contribution in [0.3, 0.4) is 0 Å². The lowest BCUT2D eigenvalue weighted by Crippen LogP contribution is -2.48. The average molecular weight is 346 g/mol. The quantitative estimate of drug-likeness (QED) is 0.840. The van der Waals surface area contributed by atoms with E-state index in [4.69, 9.17) is 5.14 Å². The van der Waals surface area contributed by atoms with E-state index in [9.17, 15) is 13.2 Å². The van der Waals surface area contributed by atoms with Crippen molar-refractivity contribution in [2.45, 2.75) is 38.4 Å². The molecule has 3 N–H and O–H groups in total.